The smallest absolute Gasteiger partial charge is 0.125 e. The maximum Gasteiger partial charge on any atom is 0.125 e. The van der Waals surface area contributed by atoms with Gasteiger partial charge in [0.1, 0.15) is 5.82 Å². The van der Waals surface area contributed by atoms with Crippen LogP contribution in [-0.2, 0) is 0 Å². The first-order chi connectivity index (χ1) is 6.94. The normalized spacial score (nSPS) is 11.5. The Bertz CT molecular complexity index is 334. The molecule has 0 spiro atoms. The Balaban J connectivity index is 2.66. The second kappa shape index (κ2) is 4.51. The molecule has 1 aromatic carbocycles. The molecule has 0 amide bonds. The number of halogens is 1. The van der Waals surface area contributed by atoms with Gasteiger partial charge in [-0.3, -0.25) is 0 Å². The second-order valence-corrected chi connectivity index (χ2v) is 4.60. The standard InChI is InChI=1S/C12H19FN2/c1-4-12(2,3)8-15-11-6-5-9(13)7-10(11)14/h5-7,15H,4,8,14H2,1-3H3. The second-order valence-electron chi connectivity index (χ2n) is 4.60. The van der Waals surface area contributed by atoms with E-state index in [4.69, 9.17) is 5.73 Å². The van der Waals surface area contributed by atoms with Gasteiger partial charge in [-0.1, -0.05) is 20.8 Å². The van der Waals surface area contributed by atoms with Crippen LogP contribution in [0.4, 0.5) is 15.8 Å². The van der Waals surface area contributed by atoms with Crippen LogP contribution >= 0.6 is 0 Å². The van der Waals surface area contributed by atoms with Crippen LogP contribution < -0.4 is 11.1 Å². The predicted octanol–water partition coefficient (Wildman–Crippen LogP) is 3.26. The summed E-state index contributed by atoms with van der Waals surface area (Å²) in [4.78, 5) is 0. The maximum atomic E-state index is 12.8. The lowest BCUT2D eigenvalue weighted by Crippen LogP contribution is -2.22. The predicted molar refractivity (Wildman–Crippen MR) is 63.4 cm³/mol. The molecule has 0 aliphatic carbocycles. The summed E-state index contributed by atoms with van der Waals surface area (Å²) < 4.78 is 12.8. The number of rotatable bonds is 4. The van der Waals surface area contributed by atoms with E-state index in [1.54, 1.807) is 6.07 Å². The summed E-state index contributed by atoms with van der Waals surface area (Å²) in [6.07, 6.45) is 1.08. The molecule has 2 nitrogen and oxygen atoms in total. The van der Waals surface area contributed by atoms with Gasteiger partial charge in [-0.2, -0.15) is 0 Å². The SMILES string of the molecule is CCC(C)(C)CNc1ccc(F)cc1N. The molecule has 15 heavy (non-hydrogen) atoms. The zero-order chi connectivity index (χ0) is 11.5. The highest BCUT2D eigenvalue weighted by atomic mass is 19.1. The minimum absolute atomic E-state index is 0.223. The van der Waals surface area contributed by atoms with Crippen molar-refractivity contribution in [3.05, 3.63) is 24.0 Å². The Labute approximate surface area is 90.7 Å². The number of hydrogen-bond donors (Lipinski definition) is 2. The number of nitrogen functional groups attached to an aromatic ring is 1. The summed E-state index contributed by atoms with van der Waals surface area (Å²) in [6.45, 7) is 7.34. The Morgan fingerprint density at radius 3 is 2.60 bits per heavy atom. The van der Waals surface area contributed by atoms with E-state index in [0.717, 1.165) is 18.7 Å². The molecule has 0 bridgehead atoms. The van der Waals surface area contributed by atoms with Gasteiger partial charge in [0.25, 0.3) is 0 Å². The first-order valence-corrected chi connectivity index (χ1v) is 5.23. The Morgan fingerprint density at radius 2 is 2.07 bits per heavy atom. The van der Waals surface area contributed by atoms with Crippen LogP contribution in [0.3, 0.4) is 0 Å². The fourth-order valence-corrected chi connectivity index (χ4v) is 1.15. The fraction of sp³-hybridized carbons (Fsp3) is 0.500. The average Bonchev–Trinajstić information content (AvgIpc) is 2.16. The van der Waals surface area contributed by atoms with E-state index >= 15 is 0 Å². The summed E-state index contributed by atoms with van der Waals surface area (Å²) in [7, 11) is 0. The lowest BCUT2D eigenvalue weighted by Gasteiger charge is -2.24. The summed E-state index contributed by atoms with van der Waals surface area (Å²) in [5.41, 5.74) is 7.18. The van der Waals surface area contributed by atoms with Crippen molar-refractivity contribution >= 4 is 11.4 Å². The summed E-state index contributed by atoms with van der Waals surface area (Å²) in [6, 6.07) is 4.43. The highest BCUT2D eigenvalue weighted by Gasteiger charge is 2.14. The average molecular weight is 210 g/mol. The number of hydrogen-bond acceptors (Lipinski definition) is 2. The third kappa shape index (κ3) is 3.42. The molecule has 0 unspecified atom stereocenters. The summed E-state index contributed by atoms with van der Waals surface area (Å²) in [5, 5.41) is 3.24. The number of anilines is 2. The molecule has 0 aromatic heterocycles. The molecule has 1 aromatic rings. The Hall–Kier alpha value is -1.25. The minimum atomic E-state index is -0.298. The van der Waals surface area contributed by atoms with E-state index in [0.29, 0.717) is 5.69 Å². The molecule has 0 aliphatic heterocycles. The number of benzene rings is 1. The molecule has 0 saturated carbocycles. The first kappa shape index (κ1) is 11.8. The van der Waals surface area contributed by atoms with Gasteiger partial charge in [0.05, 0.1) is 11.4 Å². The zero-order valence-electron chi connectivity index (χ0n) is 9.60. The van der Waals surface area contributed by atoms with E-state index in [2.05, 4.69) is 26.1 Å². The van der Waals surface area contributed by atoms with Gasteiger partial charge < -0.3 is 11.1 Å². The van der Waals surface area contributed by atoms with Gasteiger partial charge in [-0.15, -0.1) is 0 Å². The van der Waals surface area contributed by atoms with Gasteiger partial charge in [0, 0.05) is 6.54 Å². The van der Waals surface area contributed by atoms with Crippen LogP contribution in [0.5, 0.6) is 0 Å². The van der Waals surface area contributed by atoms with Crippen LogP contribution in [0.25, 0.3) is 0 Å². The van der Waals surface area contributed by atoms with Gasteiger partial charge in [-0.05, 0) is 30.0 Å². The molecule has 3 heteroatoms. The molecule has 1 rings (SSSR count). The molecule has 84 valence electrons. The molecular formula is C12H19FN2. The molecule has 0 heterocycles. The Morgan fingerprint density at radius 1 is 1.40 bits per heavy atom. The van der Waals surface area contributed by atoms with E-state index in [9.17, 15) is 4.39 Å². The highest BCUT2D eigenvalue weighted by Crippen LogP contribution is 2.24. The maximum absolute atomic E-state index is 12.8. The van der Waals surface area contributed by atoms with Crippen molar-refractivity contribution in [2.24, 2.45) is 5.41 Å². The monoisotopic (exact) mass is 210 g/mol. The van der Waals surface area contributed by atoms with Gasteiger partial charge in [0.2, 0.25) is 0 Å². The summed E-state index contributed by atoms with van der Waals surface area (Å²) in [5.74, 6) is -0.298. The van der Waals surface area contributed by atoms with Crippen LogP contribution in [-0.4, -0.2) is 6.54 Å². The zero-order valence-corrected chi connectivity index (χ0v) is 9.60. The van der Waals surface area contributed by atoms with Crippen molar-refractivity contribution in [1.82, 2.24) is 0 Å². The molecule has 0 saturated heterocycles. The van der Waals surface area contributed by atoms with Crippen molar-refractivity contribution in [3.8, 4) is 0 Å². The molecule has 0 fully saturated rings. The van der Waals surface area contributed by atoms with E-state index in [-0.39, 0.29) is 11.2 Å². The molecule has 3 N–H and O–H groups in total. The lowest BCUT2D eigenvalue weighted by atomic mass is 9.90. The highest BCUT2D eigenvalue weighted by molar-refractivity contribution is 5.65. The molecule has 0 atom stereocenters. The van der Waals surface area contributed by atoms with Crippen LogP contribution in [0.1, 0.15) is 27.2 Å². The van der Waals surface area contributed by atoms with E-state index < -0.39 is 0 Å². The fourth-order valence-electron chi connectivity index (χ4n) is 1.15. The first-order valence-electron chi connectivity index (χ1n) is 5.23. The largest absolute Gasteiger partial charge is 0.397 e. The van der Waals surface area contributed by atoms with Crippen molar-refractivity contribution in [1.29, 1.82) is 0 Å². The molecule has 0 aliphatic rings. The minimum Gasteiger partial charge on any atom is -0.397 e. The lowest BCUT2D eigenvalue weighted by molar-refractivity contribution is 0.377. The third-order valence-electron chi connectivity index (χ3n) is 2.73. The van der Waals surface area contributed by atoms with Gasteiger partial charge in [-0.25, -0.2) is 4.39 Å². The Kier molecular flexibility index (Phi) is 3.56. The van der Waals surface area contributed by atoms with Crippen molar-refractivity contribution in [3.63, 3.8) is 0 Å². The molecule has 0 radical (unpaired) electrons. The van der Waals surface area contributed by atoms with E-state index in [1.165, 1.54) is 12.1 Å². The van der Waals surface area contributed by atoms with Crippen LogP contribution in [0.15, 0.2) is 18.2 Å². The van der Waals surface area contributed by atoms with Gasteiger partial charge in [0.15, 0.2) is 0 Å². The quantitative estimate of drug-likeness (QED) is 0.748. The number of nitrogens with one attached hydrogen (secondary N) is 1. The third-order valence-corrected chi connectivity index (χ3v) is 2.73. The van der Waals surface area contributed by atoms with Crippen molar-refractivity contribution in [2.45, 2.75) is 27.2 Å². The van der Waals surface area contributed by atoms with Crippen molar-refractivity contribution < 1.29 is 4.39 Å². The summed E-state index contributed by atoms with van der Waals surface area (Å²) >= 11 is 0. The number of nitrogens with two attached hydrogens (primary N) is 1. The van der Waals surface area contributed by atoms with Crippen LogP contribution in [0, 0.1) is 11.2 Å². The van der Waals surface area contributed by atoms with E-state index in [1.807, 2.05) is 0 Å². The topological polar surface area (TPSA) is 38.0 Å². The van der Waals surface area contributed by atoms with Crippen LogP contribution in [0.2, 0.25) is 0 Å². The van der Waals surface area contributed by atoms with Gasteiger partial charge >= 0.3 is 0 Å². The van der Waals surface area contributed by atoms with Crippen molar-refractivity contribution in [2.75, 3.05) is 17.6 Å². The molecular weight excluding hydrogens is 191 g/mol.